The van der Waals surface area contributed by atoms with E-state index in [0.717, 1.165) is 21.7 Å². The smallest absolute Gasteiger partial charge is 0.128 e. The van der Waals surface area contributed by atoms with Gasteiger partial charge in [-0.1, -0.05) is 59.7 Å². The molecule has 0 amide bonds. The van der Waals surface area contributed by atoms with Gasteiger partial charge in [0.1, 0.15) is 5.75 Å². The van der Waals surface area contributed by atoms with Gasteiger partial charge in [0.15, 0.2) is 0 Å². The number of phenolic OH excluding ortho intramolecular Hbond substituents is 1. The van der Waals surface area contributed by atoms with Crippen molar-refractivity contribution in [3.63, 3.8) is 0 Å². The minimum absolute atomic E-state index is 0. The summed E-state index contributed by atoms with van der Waals surface area (Å²) in [6.45, 7) is 12.9. The number of hydrogen-bond acceptors (Lipinski definition) is 3. The van der Waals surface area contributed by atoms with Gasteiger partial charge in [-0.25, -0.2) is 0 Å². The Bertz CT molecular complexity index is 770. The fraction of sp³-hybridized carbons (Fsp3) is 0.381. The molecule has 0 unspecified atom stereocenters. The van der Waals surface area contributed by atoms with E-state index >= 15 is 0 Å². The Morgan fingerprint density at radius 3 is 2.08 bits per heavy atom. The first-order valence-corrected chi connectivity index (χ1v) is 8.65. The molecule has 0 radical (unpaired) electrons. The van der Waals surface area contributed by atoms with Gasteiger partial charge in [0.05, 0.1) is 5.69 Å². The van der Waals surface area contributed by atoms with E-state index in [4.69, 9.17) is 0 Å². The van der Waals surface area contributed by atoms with Crippen molar-refractivity contribution in [3.05, 3.63) is 53.1 Å². The third-order valence-corrected chi connectivity index (χ3v) is 4.42. The average Bonchev–Trinajstić information content (AvgIpc) is 2.45. The molecule has 1 N–H and O–H groups in total. The van der Waals surface area contributed by atoms with E-state index in [1.807, 2.05) is 30.3 Å². The molecule has 0 saturated carbocycles. The second-order valence-corrected chi connectivity index (χ2v) is 8.69. The molecule has 0 heterocycles. The van der Waals surface area contributed by atoms with Crippen LogP contribution in [0.25, 0.3) is 0 Å². The predicted molar refractivity (Wildman–Crippen MR) is 106 cm³/mol. The second kappa shape index (κ2) is 8.11. The summed E-state index contributed by atoms with van der Waals surface area (Å²) in [6, 6.07) is 11.8. The van der Waals surface area contributed by atoms with Crippen molar-refractivity contribution in [3.8, 4) is 5.75 Å². The van der Waals surface area contributed by atoms with Crippen LogP contribution in [0.3, 0.4) is 0 Å². The Balaban J connectivity index is 0.00000312. The van der Waals surface area contributed by atoms with Gasteiger partial charge in [0.25, 0.3) is 0 Å². The molecule has 2 rings (SSSR count). The number of aromatic hydroxyl groups is 1. The number of benzene rings is 2. The molecule has 4 heteroatoms. The van der Waals surface area contributed by atoms with E-state index in [1.165, 1.54) is 5.56 Å². The molecule has 0 atom stereocenters. The minimum atomic E-state index is -0.143. The molecule has 0 spiro atoms. The van der Waals surface area contributed by atoms with Gasteiger partial charge in [0.2, 0.25) is 0 Å². The fourth-order valence-electron chi connectivity index (χ4n) is 2.47. The van der Waals surface area contributed by atoms with Crippen molar-refractivity contribution < 1.29 is 26.8 Å². The van der Waals surface area contributed by atoms with Crippen molar-refractivity contribution in [2.24, 2.45) is 4.99 Å². The third kappa shape index (κ3) is 5.47. The number of phenols is 1. The third-order valence-electron chi connectivity index (χ3n) is 4.04. The zero-order chi connectivity index (χ0) is 18.1. The maximum Gasteiger partial charge on any atom is 0.128 e. The zero-order valence-electron chi connectivity index (χ0n) is 15.9. The molecule has 2 aromatic rings. The molecule has 0 aromatic heterocycles. The van der Waals surface area contributed by atoms with Gasteiger partial charge < -0.3 is 5.11 Å². The molecule has 25 heavy (non-hydrogen) atoms. The van der Waals surface area contributed by atoms with E-state index in [0.29, 0.717) is 5.75 Å². The molecule has 0 fully saturated rings. The molecular formula is C21H27NOSTi. The summed E-state index contributed by atoms with van der Waals surface area (Å²) in [5.74, 6) is 0.302. The summed E-state index contributed by atoms with van der Waals surface area (Å²) in [5, 5.41) is 10.8. The van der Waals surface area contributed by atoms with E-state index in [2.05, 4.69) is 65.2 Å². The van der Waals surface area contributed by atoms with Gasteiger partial charge >= 0.3 is 0 Å². The Morgan fingerprint density at radius 1 is 0.960 bits per heavy atom. The largest absolute Gasteiger partial charge is 0.507 e. The first-order valence-electron chi connectivity index (χ1n) is 8.20. The number of nitrogens with zero attached hydrogens (tertiary/aromatic N) is 1. The first kappa shape index (κ1) is 22.0. The van der Waals surface area contributed by atoms with Crippen LogP contribution in [0, 0.1) is 0 Å². The average molecular weight is 389 g/mol. The number of thiol groups is 1. The normalized spacial score (nSPS) is 12.3. The van der Waals surface area contributed by atoms with Gasteiger partial charge in [-0.15, -0.1) is 12.6 Å². The van der Waals surface area contributed by atoms with Crippen LogP contribution in [0.2, 0.25) is 0 Å². The van der Waals surface area contributed by atoms with Crippen LogP contribution < -0.4 is 0 Å². The fourth-order valence-corrected chi connectivity index (χ4v) is 2.69. The quantitative estimate of drug-likeness (QED) is 0.367. The van der Waals surface area contributed by atoms with Gasteiger partial charge in [-0.2, -0.15) is 0 Å². The molecule has 0 aliphatic carbocycles. The monoisotopic (exact) mass is 389 g/mol. The van der Waals surface area contributed by atoms with Gasteiger partial charge in [-0.3, -0.25) is 4.99 Å². The summed E-state index contributed by atoms with van der Waals surface area (Å²) in [4.78, 5) is 5.34. The van der Waals surface area contributed by atoms with E-state index in [-0.39, 0.29) is 32.5 Å². The van der Waals surface area contributed by atoms with Crippen LogP contribution in [0.4, 0.5) is 5.69 Å². The van der Waals surface area contributed by atoms with Gasteiger partial charge in [-0.05, 0) is 34.6 Å². The van der Waals surface area contributed by atoms with Crippen molar-refractivity contribution in [2.45, 2.75) is 57.3 Å². The van der Waals surface area contributed by atoms with E-state index in [1.54, 1.807) is 6.21 Å². The molecule has 0 aliphatic heterocycles. The summed E-state index contributed by atoms with van der Waals surface area (Å²) >= 11 is 4.43. The molecule has 2 aromatic carbocycles. The first-order chi connectivity index (χ1) is 11.0. The molecule has 0 bridgehead atoms. The summed E-state index contributed by atoms with van der Waals surface area (Å²) in [7, 11) is 0. The van der Waals surface area contributed by atoms with Crippen molar-refractivity contribution >= 4 is 24.5 Å². The second-order valence-electron chi connectivity index (χ2n) is 8.21. The van der Waals surface area contributed by atoms with Crippen molar-refractivity contribution in [1.29, 1.82) is 0 Å². The van der Waals surface area contributed by atoms with Crippen LogP contribution in [-0.4, -0.2) is 11.3 Å². The Hall–Kier alpha value is -1.03. The zero-order valence-corrected chi connectivity index (χ0v) is 18.3. The molecular weight excluding hydrogens is 362 g/mol. The van der Waals surface area contributed by atoms with E-state index < -0.39 is 0 Å². The Morgan fingerprint density at radius 2 is 1.56 bits per heavy atom. The van der Waals surface area contributed by atoms with Crippen LogP contribution in [0.5, 0.6) is 5.75 Å². The van der Waals surface area contributed by atoms with Crippen molar-refractivity contribution in [2.75, 3.05) is 0 Å². The number of para-hydroxylation sites is 1. The number of hydrogen-bond donors (Lipinski definition) is 2. The summed E-state index contributed by atoms with van der Waals surface area (Å²) in [6.07, 6.45) is 1.73. The molecule has 132 valence electrons. The standard InChI is InChI=1S/C21H27NOS.Ti/c1-20(2,3)15-11-14(19(23)16(12-15)21(4,5)6)13-22-17-9-7-8-10-18(17)24;/h7-13,23-24H,1-6H3;. The Labute approximate surface area is 172 Å². The maximum atomic E-state index is 10.8. The van der Waals surface area contributed by atoms with E-state index in [9.17, 15) is 5.11 Å². The number of rotatable bonds is 2. The SMILES string of the molecule is CC(C)(C)c1cc(C=Nc2ccccc2S)c(O)c(C(C)(C)C)c1.[Ti]. The Kier molecular flexibility index (Phi) is 7.15. The molecule has 0 saturated heterocycles. The predicted octanol–water partition coefficient (Wildman–Crippen LogP) is 6.02. The van der Waals surface area contributed by atoms with Gasteiger partial charge in [0, 0.05) is 44.0 Å². The number of aliphatic imine (C=N–C) groups is 1. The summed E-state index contributed by atoms with van der Waals surface area (Å²) in [5.41, 5.74) is 3.51. The van der Waals surface area contributed by atoms with Crippen LogP contribution in [0.15, 0.2) is 46.3 Å². The van der Waals surface area contributed by atoms with Crippen molar-refractivity contribution in [1.82, 2.24) is 0 Å². The van der Waals surface area contributed by atoms with Crippen LogP contribution in [0.1, 0.15) is 58.2 Å². The van der Waals surface area contributed by atoms with Crippen LogP contribution in [-0.2, 0) is 32.5 Å². The topological polar surface area (TPSA) is 32.6 Å². The molecule has 2 nitrogen and oxygen atoms in total. The summed E-state index contributed by atoms with van der Waals surface area (Å²) < 4.78 is 0. The minimum Gasteiger partial charge on any atom is -0.507 e. The molecule has 0 aliphatic rings. The van der Waals surface area contributed by atoms with Crippen LogP contribution >= 0.6 is 12.6 Å². The maximum absolute atomic E-state index is 10.8.